The van der Waals surface area contributed by atoms with E-state index in [1.807, 2.05) is 12.1 Å². The highest BCUT2D eigenvalue weighted by Crippen LogP contribution is 2.21. The van der Waals surface area contributed by atoms with Gasteiger partial charge in [-0.25, -0.2) is 4.98 Å². The first-order chi connectivity index (χ1) is 12.3. The van der Waals surface area contributed by atoms with Gasteiger partial charge in [-0.05, 0) is 12.5 Å². The van der Waals surface area contributed by atoms with Crippen LogP contribution in [0.15, 0.2) is 35.7 Å². The molecule has 25 heavy (non-hydrogen) atoms. The van der Waals surface area contributed by atoms with Crippen molar-refractivity contribution < 1.29 is 4.74 Å². The molecule has 4 rings (SSSR count). The molecule has 1 aromatic carbocycles. The summed E-state index contributed by atoms with van der Waals surface area (Å²) in [6, 6.07) is 8.12. The third-order valence-corrected chi connectivity index (χ3v) is 3.99. The quantitative estimate of drug-likeness (QED) is 0.558. The van der Waals surface area contributed by atoms with E-state index in [2.05, 4.69) is 54.4 Å². The van der Waals surface area contributed by atoms with E-state index in [-0.39, 0.29) is 0 Å². The Kier molecular flexibility index (Phi) is 4.26. The van der Waals surface area contributed by atoms with E-state index in [0.717, 1.165) is 18.7 Å². The average molecular weight is 337 g/mol. The van der Waals surface area contributed by atoms with E-state index in [1.165, 1.54) is 5.56 Å². The highest BCUT2D eigenvalue weighted by atomic mass is 16.5. The van der Waals surface area contributed by atoms with Crippen molar-refractivity contribution in [2.45, 2.75) is 6.92 Å². The third kappa shape index (κ3) is 3.43. The largest absolute Gasteiger partial charge is 0.378 e. The van der Waals surface area contributed by atoms with Gasteiger partial charge < -0.3 is 14.6 Å². The molecule has 2 aromatic heterocycles. The third-order valence-electron chi connectivity index (χ3n) is 3.99. The maximum absolute atomic E-state index is 5.39. The zero-order valence-corrected chi connectivity index (χ0v) is 13.9. The maximum Gasteiger partial charge on any atom is 0.229 e. The summed E-state index contributed by atoms with van der Waals surface area (Å²) in [6.45, 7) is 4.95. The summed E-state index contributed by atoms with van der Waals surface area (Å²) >= 11 is 0. The Labute approximate surface area is 145 Å². The van der Waals surface area contributed by atoms with Crippen LogP contribution in [0.4, 0.5) is 11.8 Å². The van der Waals surface area contributed by atoms with Crippen LogP contribution in [-0.4, -0.2) is 52.5 Å². The lowest BCUT2D eigenvalue weighted by molar-refractivity contribution is 0.122. The lowest BCUT2D eigenvalue weighted by atomic mass is 10.2. The molecule has 0 spiro atoms. The molecule has 2 N–H and O–H groups in total. The van der Waals surface area contributed by atoms with Crippen LogP contribution in [0.3, 0.4) is 0 Å². The van der Waals surface area contributed by atoms with Crippen molar-refractivity contribution in [2.24, 2.45) is 5.10 Å². The highest BCUT2D eigenvalue weighted by Gasteiger charge is 2.17. The van der Waals surface area contributed by atoms with Crippen LogP contribution in [0.25, 0.3) is 11.2 Å². The summed E-state index contributed by atoms with van der Waals surface area (Å²) < 4.78 is 5.39. The molecule has 0 amide bonds. The van der Waals surface area contributed by atoms with Gasteiger partial charge in [0, 0.05) is 13.1 Å². The molecule has 1 aliphatic rings. The summed E-state index contributed by atoms with van der Waals surface area (Å²) in [6.07, 6.45) is 3.37. The monoisotopic (exact) mass is 337 g/mol. The van der Waals surface area contributed by atoms with Gasteiger partial charge in [-0.2, -0.15) is 15.1 Å². The van der Waals surface area contributed by atoms with E-state index in [9.17, 15) is 0 Å². The molecule has 8 nitrogen and oxygen atoms in total. The predicted octanol–water partition coefficient (Wildman–Crippen LogP) is 1.94. The fraction of sp³-hybridized carbons (Fsp3) is 0.294. The standard InChI is InChI=1S/C17H19N7O/c1-12-3-2-4-13(9-12)10-20-23-16-14-15(19-11-18-14)21-17(22-16)24-5-7-25-8-6-24/h2-4,9-11H,5-8H2,1H3,(H2,18,19,21,22,23). The maximum atomic E-state index is 5.39. The van der Waals surface area contributed by atoms with Gasteiger partial charge in [0.15, 0.2) is 17.0 Å². The Morgan fingerprint density at radius 1 is 1.28 bits per heavy atom. The lowest BCUT2D eigenvalue weighted by Crippen LogP contribution is -2.37. The molecule has 8 heteroatoms. The number of aryl methyl sites for hydroxylation is 1. The normalized spacial score (nSPS) is 15.2. The van der Waals surface area contributed by atoms with Crippen molar-refractivity contribution in [1.29, 1.82) is 0 Å². The van der Waals surface area contributed by atoms with E-state index in [4.69, 9.17) is 4.74 Å². The SMILES string of the molecule is Cc1cccc(C=NNc2nc(N3CCOCC3)nc3[nH]cnc23)c1. The molecule has 0 unspecified atom stereocenters. The summed E-state index contributed by atoms with van der Waals surface area (Å²) in [7, 11) is 0. The van der Waals surface area contributed by atoms with Crippen molar-refractivity contribution in [2.75, 3.05) is 36.6 Å². The first kappa shape index (κ1) is 15.5. The second-order valence-corrected chi connectivity index (χ2v) is 5.86. The number of hydrazone groups is 1. The van der Waals surface area contributed by atoms with Gasteiger partial charge in [0.2, 0.25) is 5.95 Å². The van der Waals surface area contributed by atoms with Crippen molar-refractivity contribution in [3.63, 3.8) is 0 Å². The molecule has 1 aliphatic heterocycles. The molecular formula is C17H19N7O. The van der Waals surface area contributed by atoms with Crippen LogP contribution < -0.4 is 10.3 Å². The van der Waals surface area contributed by atoms with Crippen molar-refractivity contribution >= 4 is 29.1 Å². The molecule has 0 atom stereocenters. The lowest BCUT2D eigenvalue weighted by Gasteiger charge is -2.26. The molecule has 0 radical (unpaired) electrons. The Hall–Kier alpha value is -3.00. The molecule has 128 valence electrons. The predicted molar refractivity (Wildman–Crippen MR) is 97.1 cm³/mol. The van der Waals surface area contributed by atoms with E-state index < -0.39 is 0 Å². The van der Waals surface area contributed by atoms with Crippen LogP contribution in [0.5, 0.6) is 0 Å². The Morgan fingerprint density at radius 2 is 2.16 bits per heavy atom. The summed E-state index contributed by atoms with van der Waals surface area (Å²) in [5, 5.41) is 4.31. The zero-order valence-electron chi connectivity index (χ0n) is 13.9. The Bertz CT molecular complexity index is 899. The fourth-order valence-electron chi connectivity index (χ4n) is 2.73. The van der Waals surface area contributed by atoms with Gasteiger partial charge >= 0.3 is 0 Å². The topological polar surface area (TPSA) is 91.3 Å². The number of nitrogens with zero attached hydrogens (tertiary/aromatic N) is 5. The van der Waals surface area contributed by atoms with Gasteiger partial charge in [-0.15, -0.1) is 0 Å². The number of benzene rings is 1. The van der Waals surface area contributed by atoms with Gasteiger partial charge in [-0.3, -0.25) is 5.43 Å². The van der Waals surface area contributed by atoms with Crippen LogP contribution in [0.2, 0.25) is 0 Å². The van der Waals surface area contributed by atoms with Crippen LogP contribution in [-0.2, 0) is 4.74 Å². The number of aromatic amines is 1. The van der Waals surface area contributed by atoms with Crippen molar-refractivity contribution in [3.8, 4) is 0 Å². The minimum Gasteiger partial charge on any atom is -0.378 e. The number of nitrogens with one attached hydrogen (secondary N) is 2. The van der Waals surface area contributed by atoms with E-state index in [0.29, 0.717) is 36.1 Å². The molecule has 0 saturated carbocycles. The summed E-state index contributed by atoms with van der Waals surface area (Å²) in [5.41, 5.74) is 6.56. The number of H-pyrrole nitrogens is 1. The molecule has 1 saturated heterocycles. The number of ether oxygens (including phenoxy) is 1. The number of morpholine rings is 1. The number of fused-ring (bicyclic) bond motifs is 1. The number of anilines is 2. The van der Waals surface area contributed by atoms with Gasteiger partial charge in [0.05, 0.1) is 25.8 Å². The molecule has 3 aromatic rings. The van der Waals surface area contributed by atoms with E-state index in [1.54, 1.807) is 12.5 Å². The van der Waals surface area contributed by atoms with Crippen molar-refractivity contribution in [1.82, 2.24) is 19.9 Å². The summed E-state index contributed by atoms with van der Waals surface area (Å²) in [5.74, 6) is 1.23. The Morgan fingerprint density at radius 3 is 3.00 bits per heavy atom. The summed E-state index contributed by atoms with van der Waals surface area (Å²) in [4.78, 5) is 18.6. The van der Waals surface area contributed by atoms with E-state index >= 15 is 0 Å². The average Bonchev–Trinajstić information content (AvgIpc) is 3.11. The highest BCUT2D eigenvalue weighted by molar-refractivity contribution is 5.85. The molecular weight excluding hydrogens is 318 g/mol. The minimum atomic E-state index is 0.580. The Balaban J connectivity index is 1.60. The number of hydrogen-bond acceptors (Lipinski definition) is 7. The molecule has 1 fully saturated rings. The second kappa shape index (κ2) is 6.86. The number of hydrogen-bond donors (Lipinski definition) is 2. The molecule has 3 heterocycles. The van der Waals surface area contributed by atoms with Gasteiger partial charge in [0.25, 0.3) is 0 Å². The molecule has 0 aliphatic carbocycles. The van der Waals surface area contributed by atoms with Crippen molar-refractivity contribution in [3.05, 3.63) is 41.7 Å². The van der Waals surface area contributed by atoms with Crippen LogP contribution in [0.1, 0.15) is 11.1 Å². The second-order valence-electron chi connectivity index (χ2n) is 5.86. The van der Waals surface area contributed by atoms with Crippen LogP contribution >= 0.6 is 0 Å². The number of aromatic nitrogens is 4. The van der Waals surface area contributed by atoms with Gasteiger partial charge in [-0.1, -0.05) is 29.8 Å². The first-order valence-corrected chi connectivity index (χ1v) is 8.19. The smallest absolute Gasteiger partial charge is 0.229 e. The zero-order chi connectivity index (χ0) is 17.1. The van der Waals surface area contributed by atoms with Gasteiger partial charge in [0.1, 0.15) is 0 Å². The van der Waals surface area contributed by atoms with Crippen LogP contribution in [0, 0.1) is 6.92 Å². The molecule has 0 bridgehead atoms. The number of imidazole rings is 1. The fourth-order valence-corrected chi connectivity index (χ4v) is 2.73. The number of rotatable bonds is 4. The minimum absolute atomic E-state index is 0.580. The first-order valence-electron chi connectivity index (χ1n) is 8.19.